The highest BCUT2D eigenvalue weighted by molar-refractivity contribution is 7.22. The van der Waals surface area contributed by atoms with Crippen molar-refractivity contribution >= 4 is 44.2 Å². The number of fused-ring (bicyclic) bond motifs is 1. The van der Waals surface area contributed by atoms with Crippen molar-refractivity contribution in [2.75, 3.05) is 11.1 Å². The lowest BCUT2D eigenvalue weighted by Gasteiger charge is -2.13. The second kappa shape index (κ2) is 7.21. The molecule has 0 aliphatic rings. The van der Waals surface area contributed by atoms with Crippen LogP contribution in [0, 0.1) is 11.3 Å². The minimum Gasteiger partial charge on any atom is -0.449 e. The fraction of sp³-hybridized carbons (Fsp3) is 0.111. The molecule has 0 aliphatic carbocycles. The molecule has 0 saturated carbocycles. The maximum atomic E-state index is 12.3. The van der Waals surface area contributed by atoms with Crippen LogP contribution in [0.5, 0.6) is 0 Å². The molecule has 1 heterocycles. The van der Waals surface area contributed by atoms with Gasteiger partial charge in [0.2, 0.25) is 0 Å². The van der Waals surface area contributed by atoms with Crippen LogP contribution in [0.4, 0.5) is 10.8 Å². The van der Waals surface area contributed by atoms with E-state index in [1.165, 1.54) is 24.3 Å². The molecule has 130 valence electrons. The quantitative estimate of drug-likeness (QED) is 0.685. The van der Waals surface area contributed by atoms with E-state index in [-0.39, 0.29) is 0 Å². The minimum absolute atomic E-state index is 0.312. The van der Waals surface area contributed by atoms with Gasteiger partial charge in [0.1, 0.15) is 0 Å². The highest BCUT2D eigenvalue weighted by atomic mass is 32.1. The number of hydrogen-bond donors (Lipinski definition) is 2. The zero-order chi connectivity index (χ0) is 18.7. The second-order valence-corrected chi connectivity index (χ2v) is 6.53. The maximum absolute atomic E-state index is 12.3. The zero-order valence-electron chi connectivity index (χ0n) is 13.7. The van der Waals surface area contributed by atoms with E-state index in [4.69, 9.17) is 15.7 Å². The van der Waals surface area contributed by atoms with Crippen LogP contribution in [0.1, 0.15) is 22.8 Å². The number of nitrogens with zero attached hydrogens (tertiary/aromatic N) is 2. The van der Waals surface area contributed by atoms with Gasteiger partial charge in [-0.05, 0) is 43.3 Å². The fourth-order valence-electron chi connectivity index (χ4n) is 2.26. The first-order chi connectivity index (χ1) is 12.5. The number of aromatic nitrogens is 1. The molecule has 1 aromatic heterocycles. The number of nitriles is 1. The van der Waals surface area contributed by atoms with Gasteiger partial charge >= 0.3 is 5.97 Å². The summed E-state index contributed by atoms with van der Waals surface area (Å²) in [6.45, 7) is 1.48. The molecule has 3 rings (SSSR count). The van der Waals surface area contributed by atoms with Gasteiger partial charge < -0.3 is 15.8 Å². The fourth-order valence-corrected chi connectivity index (χ4v) is 3.04. The number of thiazole rings is 1. The van der Waals surface area contributed by atoms with E-state index >= 15 is 0 Å². The number of anilines is 2. The molecule has 1 amide bonds. The SMILES string of the molecule is CC(OC(=O)c1ccc2nc(N)sc2c1)C(=O)Nc1cccc(C#N)c1. The van der Waals surface area contributed by atoms with Crippen LogP contribution in [-0.2, 0) is 9.53 Å². The smallest absolute Gasteiger partial charge is 0.338 e. The summed E-state index contributed by atoms with van der Waals surface area (Å²) in [4.78, 5) is 28.6. The number of hydrogen-bond acceptors (Lipinski definition) is 7. The van der Waals surface area contributed by atoms with Crippen LogP contribution >= 0.6 is 11.3 Å². The van der Waals surface area contributed by atoms with E-state index in [9.17, 15) is 9.59 Å². The van der Waals surface area contributed by atoms with Gasteiger partial charge in [-0.2, -0.15) is 5.26 Å². The van der Waals surface area contributed by atoms with Gasteiger partial charge in [0.25, 0.3) is 5.91 Å². The number of nitrogens with two attached hydrogens (primary N) is 1. The number of amides is 1. The van der Waals surface area contributed by atoms with E-state index in [0.29, 0.717) is 27.5 Å². The molecule has 3 aromatic rings. The summed E-state index contributed by atoms with van der Waals surface area (Å²) in [6.07, 6.45) is -1.00. The Bertz CT molecular complexity index is 1040. The average molecular weight is 366 g/mol. The van der Waals surface area contributed by atoms with Gasteiger partial charge in [-0.15, -0.1) is 0 Å². The zero-order valence-corrected chi connectivity index (χ0v) is 14.5. The molecule has 1 atom stereocenters. The molecule has 0 radical (unpaired) electrons. The van der Waals surface area contributed by atoms with Gasteiger partial charge in [-0.1, -0.05) is 17.4 Å². The Morgan fingerprint density at radius 1 is 1.31 bits per heavy atom. The first-order valence-corrected chi connectivity index (χ1v) is 8.46. The molecule has 2 aromatic carbocycles. The monoisotopic (exact) mass is 366 g/mol. The first kappa shape index (κ1) is 17.4. The number of nitrogens with one attached hydrogen (secondary N) is 1. The Morgan fingerprint density at radius 3 is 2.88 bits per heavy atom. The van der Waals surface area contributed by atoms with Gasteiger partial charge in [-0.3, -0.25) is 4.79 Å². The number of ether oxygens (including phenoxy) is 1. The molecule has 0 aliphatic heterocycles. The number of esters is 1. The number of carbonyl (C=O) groups excluding carboxylic acids is 2. The van der Waals surface area contributed by atoms with Crippen LogP contribution in [0.25, 0.3) is 10.2 Å². The van der Waals surface area contributed by atoms with Crippen molar-refractivity contribution in [2.45, 2.75) is 13.0 Å². The average Bonchev–Trinajstić information content (AvgIpc) is 3.00. The van der Waals surface area contributed by atoms with Crippen LogP contribution in [-0.4, -0.2) is 23.0 Å². The second-order valence-electron chi connectivity index (χ2n) is 5.46. The van der Waals surface area contributed by atoms with E-state index in [2.05, 4.69) is 10.3 Å². The lowest BCUT2D eigenvalue weighted by molar-refractivity contribution is -0.123. The Balaban J connectivity index is 1.67. The van der Waals surface area contributed by atoms with Crippen LogP contribution in [0.3, 0.4) is 0 Å². The number of carbonyl (C=O) groups is 2. The lowest BCUT2D eigenvalue weighted by atomic mass is 10.2. The van der Waals surface area contributed by atoms with Crippen molar-refractivity contribution in [3.63, 3.8) is 0 Å². The third-order valence-corrected chi connectivity index (χ3v) is 4.40. The summed E-state index contributed by atoms with van der Waals surface area (Å²) >= 11 is 1.27. The Labute approximate surface area is 153 Å². The normalized spacial score (nSPS) is 11.5. The Hall–Kier alpha value is -3.44. The molecule has 0 fully saturated rings. The summed E-state index contributed by atoms with van der Waals surface area (Å²) in [5.74, 6) is -1.11. The topological polar surface area (TPSA) is 118 Å². The molecule has 3 N–H and O–H groups in total. The predicted molar refractivity (Wildman–Crippen MR) is 98.7 cm³/mol. The standard InChI is InChI=1S/C18H14N4O3S/c1-10(16(23)21-13-4-2-3-11(7-13)9-19)25-17(24)12-5-6-14-15(8-12)26-18(20)22-14/h2-8,10H,1H3,(H2,20,22)(H,21,23). The lowest BCUT2D eigenvalue weighted by Crippen LogP contribution is -2.30. The predicted octanol–water partition coefficient (Wildman–Crippen LogP) is 2.93. The molecular formula is C18H14N4O3S. The van der Waals surface area contributed by atoms with Crippen molar-refractivity contribution in [3.05, 3.63) is 53.6 Å². The van der Waals surface area contributed by atoms with E-state index in [1.54, 1.807) is 36.4 Å². The summed E-state index contributed by atoms with van der Waals surface area (Å²) in [5.41, 5.74) is 7.54. The summed E-state index contributed by atoms with van der Waals surface area (Å²) in [5, 5.41) is 11.9. The number of rotatable bonds is 4. The molecule has 26 heavy (non-hydrogen) atoms. The molecular weight excluding hydrogens is 352 g/mol. The van der Waals surface area contributed by atoms with Crippen LogP contribution < -0.4 is 11.1 Å². The molecule has 8 heteroatoms. The molecule has 7 nitrogen and oxygen atoms in total. The summed E-state index contributed by atoms with van der Waals surface area (Å²) in [6, 6.07) is 13.3. The van der Waals surface area contributed by atoms with Crippen molar-refractivity contribution in [1.29, 1.82) is 5.26 Å². The largest absolute Gasteiger partial charge is 0.449 e. The van der Waals surface area contributed by atoms with Crippen molar-refractivity contribution in [1.82, 2.24) is 4.98 Å². The van der Waals surface area contributed by atoms with Gasteiger partial charge in [0.05, 0.1) is 27.4 Å². The third-order valence-electron chi connectivity index (χ3n) is 3.55. The van der Waals surface area contributed by atoms with Crippen LogP contribution in [0.2, 0.25) is 0 Å². The van der Waals surface area contributed by atoms with Gasteiger partial charge in [0, 0.05) is 5.69 Å². The van der Waals surface area contributed by atoms with Gasteiger partial charge in [0.15, 0.2) is 11.2 Å². The van der Waals surface area contributed by atoms with Crippen LogP contribution in [0.15, 0.2) is 42.5 Å². The van der Waals surface area contributed by atoms with Gasteiger partial charge in [-0.25, -0.2) is 9.78 Å². The number of benzene rings is 2. The summed E-state index contributed by atoms with van der Waals surface area (Å²) in [7, 11) is 0. The van der Waals surface area contributed by atoms with Crippen molar-refractivity contribution < 1.29 is 14.3 Å². The highest BCUT2D eigenvalue weighted by Crippen LogP contribution is 2.25. The molecule has 0 bridgehead atoms. The van der Waals surface area contributed by atoms with E-state index < -0.39 is 18.0 Å². The highest BCUT2D eigenvalue weighted by Gasteiger charge is 2.19. The van der Waals surface area contributed by atoms with E-state index in [0.717, 1.165) is 4.70 Å². The minimum atomic E-state index is -1.00. The third kappa shape index (κ3) is 3.79. The first-order valence-electron chi connectivity index (χ1n) is 7.64. The Morgan fingerprint density at radius 2 is 2.12 bits per heavy atom. The molecule has 0 saturated heterocycles. The molecule has 1 unspecified atom stereocenters. The Kier molecular flexibility index (Phi) is 4.82. The maximum Gasteiger partial charge on any atom is 0.338 e. The molecule has 0 spiro atoms. The number of nitrogen functional groups attached to an aromatic ring is 1. The van der Waals surface area contributed by atoms with E-state index in [1.807, 2.05) is 6.07 Å². The van der Waals surface area contributed by atoms with Crippen molar-refractivity contribution in [3.8, 4) is 6.07 Å². The summed E-state index contributed by atoms with van der Waals surface area (Å²) < 4.78 is 5.99. The van der Waals surface area contributed by atoms with Crippen molar-refractivity contribution in [2.24, 2.45) is 0 Å².